The summed E-state index contributed by atoms with van der Waals surface area (Å²) in [5, 5.41) is 6.53. The Morgan fingerprint density at radius 2 is 2.21 bits per heavy atom. The molecule has 0 aliphatic heterocycles. The summed E-state index contributed by atoms with van der Waals surface area (Å²) >= 11 is 11.7. The van der Waals surface area contributed by atoms with Crippen molar-refractivity contribution in [2.24, 2.45) is 0 Å². The standard InChI is InChI=1S/C15H17BrClNS/c1-3-18-14(8-12-7-11(16)9-19-12)13-6-4-5-10(2)15(13)17/h4-7,9,14,18H,3,8H2,1-2H3. The van der Waals surface area contributed by atoms with Gasteiger partial charge >= 0.3 is 0 Å². The molecule has 1 unspecified atom stereocenters. The lowest BCUT2D eigenvalue weighted by Crippen LogP contribution is -2.23. The van der Waals surface area contributed by atoms with Crippen molar-refractivity contribution in [3.63, 3.8) is 0 Å². The molecule has 0 aliphatic carbocycles. The monoisotopic (exact) mass is 357 g/mol. The van der Waals surface area contributed by atoms with Crippen molar-refractivity contribution < 1.29 is 0 Å². The maximum absolute atomic E-state index is 6.45. The lowest BCUT2D eigenvalue weighted by molar-refractivity contribution is 0.553. The number of benzene rings is 1. The molecule has 1 atom stereocenters. The Hall–Kier alpha value is -0.350. The van der Waals surface area contributed by atoms with Crippen LogP contribution in [0.25, 0.3) is 0 Å². The number of aryl methyl sites for hydroxylation is 1. The van der Waals surface area contributed by atoms with Crippen molar-refractivity contribution in [1.82, 2.24) is 5.32 Å². The molecule has 4 heteroatoms. The van der Waals surface area contributed by atoms with Gasteiger partial charge in [0.25, 0.3) is 0 Å². The van der Waals surface area contributed by atoms with Crippen LogP contribution in [0, 0.1) is 6.92 Å². The number of thiophene rings is 1. The van der Waals surface area contributed by atoms with Crippen molar-refractivity contribution in [2.45, 2.75) is 26.3 Å². The summed E-state index contributed by atoms with van der Waals surface area (Å²) in [7, 11) is 0. The zero-order valence-electron chi connectivity index (χ0n) is 11.0. The van der Waals surface area contributed by atoms with Gasteiger partial charge in [0.2, 0.25) is 0 Å². The van der Waals surface area contributed by atoms with Gasteiger partial charge < -0.3 is 5.32 Å². The van der Waals surface area contributed by atoms with Gasteiger partial charge in [0.05, 0.1) is 0 Å². The second kappa shape index (κ2) is 6.89. The van der Waals surface area contributed by atoms with E-state index in [9.17, 15) is 0 Å². The molecule has 1 heterocycles. The van der Waals surface area contributed by atoms with Crippen LogP contribution in [0.3, 0.4) is 0 Å². The Balaban J connectivity index is 2.26. The van der Waals surface area contributed by atoms with Gasteiger partial charge in [-0.25, -0.2) is 0 Å². The minimum Gasteiger partial charge on any atom is -0.310 e. The highest BCUT2D eigenvalue weighted by molar-refractivity contribution is 9.10. The average Bonchev–Trinajstić information content (AvgIpc) is 2.78. The molecule has 0 saturated heterocycles. The van der Waals surface area contributed by atoms with E-state index in [2.05, 4.69) is 64.7 Å². The number of nitrogens with one attached hydrogen (secondary N) is 1. The molecule has 102 valence electrons. The van der Waals surface area contributed by atoms with Gasteiger partial charge in [-0.05, 0) is 46.6 Å². The Kier molecular flexibility index (Phi) is 5.46. The number of halogens is 2. The van der Waals surface area contributed by atoms with Crippen molar-refractivity contribution in [3.8, 4) is 0 Å². The number of rotatable bonds is 5. The molecule has 0 fully saturated rings. The molecule has 0 radical (unpaired) electrons. The maximum Gasteiger partial charge on any atom is 0.0483 e. The van der Waals surface area contributed by atoms with Gasteiger partial charge in [-0.3, -0.25) is 0 Å². The van der Waals surface area contributed by atoms with Crippen molar-refractivity contribution in [1.29, 1.82) is 0 Å². The summed E-state index contributed by atoms with van der Waals surface area (Å²) in [6.45, 7) is 5.11. The summed E-state index contributed by atoms with van der Waals surface area (Å²) in [6, 6.07) is 8.69. The number of hydrogen-bond acceptors (Lipinski definition) is 2. The summed E-state index contributed by atoms with van der Waals surface area (Å²) < 4.78 is 1.15. The van der Waals surface area contributed by atoms with Crippen LogP contribution in [0.1, 0.15) is 29.0 Å². The van der Waals surface area contributed by atoms with Crippen LogP contribution in [0.5, 0.6) is 0 Å². The van der Waals surface area contributed by atoms with Crippen LogP contribution in [0.2, 0.25) is 5.02 Å². The van der Waals surface area contributed by atoms with Crippen LogP contribution in [0.4, 0.5) is 0 Å². The predicted octanol–water partition coefficient (Wildman–Crippen LogP) is 5.37. The fourth-order valence-corrected chi connectivity index (χ4v) is 3.90. The Bertz CT molecular complexity index is 553. The summed E-state index contributed by atoms with van der Waals surface area (Å²) in [4.78, 5) is 1.36. The highest BCUT2D eigenvalue weighted by atomic mass is 79.9. The third-order valence-electron chi connectivity index (χ3n) is 3.07. The van der Waals surface area contributed by atoms with Gasteiger partial charge in [0, 0.05) is 32.2 Å². The lowest BCUT2D eigenvalue weighted by atomic mass is 10.0. The van der Waals surface area contributed by atoms with Gasteiger partial charge in [-0.15, -0.1) is 11.3 Å². The second-order valence-corrected chi connectivity index (χ2v) is 6.81. The Morgan fingerprint density at radius 3 is 2.84 bits per heavy atom. The molecule has 0 amide bonds. The summed E-state index contributed by atoms with van der Waals surface area (Å²) in [5.74, 6) is 0. The molecule has 19 heavy (non-hydrogen) atoms. The summed E-state index contributed by atoms with van der Waals surface area (Å²) in [6.07, 6.45) is 0.966. The van der Waals surface area contributed by atoms with Crippen LogP contribution in [0.15, 0.2) is 34.1 Å². The zero-order chi connectivity index (χ0) is 13.8. The molecule has 0 aliphatic rings. The lowest BCUT2D eigenvalue weighted by Gasteiger charge is -2.20. The van der Waals surface area contributed by atoms with E-state index in [0.29, 0.717) is 0 Å². The molecule has 0 bridgehead atoms. The van der Waals surface area contributed by atoms with Crippen LogP contribution in [-0.2, 0) is 6.42 Å². The van der Waals surface area contributed by atoms with Crippen molar-refractivity contribution in [2.75, 3.05) is 6.54 Å². The molecule has 2 aromatic rings. The Labute approximate surface area is 132 Å². The summed E-state index contributed by atoms with van der Waals surface area (Å²) in [5.41, 5.74) is 2.32. The molecular formula is C15H17BrClNS. The van der Waals surface area contributed by atoms with Crippen molar-refractivity contribution >= 4 is 38.9 Å². The van der Waals surface area contributed by atoms with E-state index in [1.807, 2.05) is 0 Å². The van der Waals surface area contributed by atoms with E-state index in [-0.39, 0.29) is 6.04 Å². The van der Waals surface area contributed by atoms with E-state index in [4.69, 9.17) is 11.6 Å². The normalized spacial score (nSPS) is 12.6. The van der Waals surface area contributed by atoms with E-state index in [0.717, 1.165) is 28.0 Å². The first-order valence-electron chi connectivity index (χ1n) is 6.33. The highest BCUT2D eigenvalue weighted by Gasteiger charge is 2.16. The molecule has 0 saturated carbocycles. The molecule has 1 aromatic carbocycles. The second-order valence-electron chi connectivity index (χ2n) is 4.52. The smallest absolute Gasteiger partial charge is 0.0483 e. The zero-order valence-corrected chi connectivity index (χ0v) is 14.2. The van der Waals surface area contributed by atoms with Gasteiger partial charge in [-0.1, -0.05) is 36.7 Å². The highest BCUT2D eigenvalue weighted by Crippen LogP contribution is 2.30. The minimum absolute atomic E-state index is 0.267. The van der Waals surface area contributed by atoms with Crippen molar-refractivity contribution in [3.05, 3.63) is 55.1 Å². The molecule has 1 N–H and O–H groups in total. The molecular weight excluding hydrogens is 342 g/mol. The average molecular weight is 359 g/mol. The van der Waals surface area contributed by atoms with E-state index in [1.165, 1.54) is 10.4 Å². The third kappa shape index (κ3) is 3.82. The molecule has 0 spiro atoms. The minimum atomic E-state index is 0.267. The first kappa shape index (κ1) is 15.0. The topological polar surface area (TPSA) is 12.0 Å². The van der Waals surface area contributed by atoms with Gasteiger partial charge in [-0.2, -0.15) is 0 Å². The maximum atomic E-state index is 6.45. The van der Waals surface area contributed by atoms with Crippen LogP contribution >= 0.6 is 38.9 Å². The molecule has 1 aromatic heterocycles. The van der Waals surface area contributed by atoms with E-state index < -0.39 is 0 Å². The SMILES string of the molecule is CCNC(Cc1cc(Br)cs1)c1cccc(C)c1Cl. The third-order valence-corrected chi connectivity index (χ3v) is 5.31. The van der Waals surface area contributed by atoms with Gasteiger partial charge in [0.1, 0.15) is 0 Å². The first-order valence-corrected chi connectivity index (χ1v) is 8.38. The number of hydrogen-bond donors (Lipinski definition) is 1. The van der Waals surface area contributed by atoms with E-state index in [1.54, 1.807) is 11.3 Å². The Morgan fingerprint density at radius 1 is 1.42 bits per heavy atom. The first-order chi connectivity index (χ1) is 9.11. The quantitative estimate of drug-likeness (QED) is 0.758. The van der Waals surface area contributed by atoms with Crippen LogP contribution in [-0.4, -0.2) is 6.54 Å². The van der Waals surface area contributed by atoms with Crippen LogP contribution < -0.4 is 5.32 Å². The molecule has 2 rings (SSSR count). The predicted molar refractivity (Wildman–Crippen MR) is 88.3 cm³/mol. The van der Waals surface area contributed by atoms with Gasteiger partial charge in [0.15, 0.2) is 0 Å². The molecule has 1 nitrogen and oxygen atoms in total. The fraction of sp³-hybridized carbons (Fsp3) is 0.333. The largest absolute Gasteiger partial charge is 0.310 e. The fourth-order valence-electron chi connectivity index (χ4n) is 2.14. The number of likely N-dealkylation sites (N-methyl/N-ethyl adjacent to an activating group) is 1. The van der Waals surface area contributed by atoms with E-state index >= 15 is 0 Å².